The molecule has 0 fully saturated rings. The minimum atomic E-state index is -0.800. The number of esters is 3. The predicted molar refractivity (Wildman–Crippen MR) is 343 cm³/mol. The highest BCUT2D eigenvalue weighted by molar-refractivity contribution is 5.71. The summed E-state index contributed by atoms with van der Waals surface area (Å²) in [6.07, 6.45) is 91.2. The van der Waals surface area contributed by atoms with E-state index in [0.717, 1.165) is 103 Å². The molecule has 0 aromatic carbocycles. The smallest absolute Gasteiger partial charge is 0.306 e. The zero-order valence-electron chi connectivity index (χ0n) is 51.9. The summed E-state index contributed by atoms with van der Waals surface area (Å²) >= 11 is 0. The Hall–Kier alpha value is -3.93. The fraction of sp³-hybridized carbons (Fsp3) is 0.712. The van der Waals surface area contributed by atoms with Crippen molar-refractivity contribution >= 4 is 17.9 Å². The van der Waals surface area contributed by atoms with Gasteiger partial charge in [0.1, 0.15) is 13.2 Å². The standard InChI is InChI=1S/C73H124O6/c1-4-7-10-13-16-19-21-23-25-27-29-31-33-34-35-36-37-38-40-41-43-45-47-49-51-54-57-60-63-66-72(75)78-69-70(68-77-71(74)65-62-59-56-53-18-15-12-9-6-3)79-73(76)67-64-61-58-55-52-50-48-46-44-42-39-32-30-28-26-24-22-20-17-14-11-8-5-2/h7,10,16,19,23,25,29,31,34-35,37-38,41,43,47,49,54,57,70H,4-6,8-9,11-15,17-18,20-22,24,26-28,30,32-33,36,39-40,42,44-46,48,50-53,55-56,58-69H2,1-3H3/b10-7-,19-16-,25-23-,31-29-,35-34-,38-37-,43-41-,49-47-,57-54-. The summed E-state index contributed by atoms with van der Waals surface area (Å²) in [6.45, 7) is 6.49. The fourth-order valence-corrected chi connectivity index (χ4v) is 9.33. The number of unbranched alkanes of at least 4 members (excludes halogenated alkanes) is 31. The first-order chi connectivity index (χ1) is 39.0. The van der Waals surface area contributed by atoms with E-state index >= 15 is 0 Å². The first-order valence-corrected chi connectivity index (χ1v) is 33.4. The molecule has 1 unspecified atom stereocenters. The minimum Gasteiger partial charge on any atom is -0.462 e. The van der Waals surface area contributed by atoms with Gasteiger partial charge in [-0.25, -0.2) is 0 Å². The van der Waals surface area contributed by atoms with Crippen molar-refractivity contribution in [2.45, 2.75) is 322 Å². The Bertz CT molecular complexity index is 1590. The summed E-state index contributed by atoms with van der Waals surface area (Å²) in [7, 11) is 0. The van der Waals surface area contributed by atoms with Crippen LogP contribution in [0, 0.1) is 0 Å². The van der Waals surface area contributed by atoms with Gasteiger partial charge in [0.05, 0.1) is 0 Å². The Morgan fingerprint density at radius 3 is 0.772 bits per heavy atom. The molecule has 0 radical (unpaired) electrons. The Balaban J connectivity index is 4.30. The molecule has 0 saturated carbocycles. The summed E-state index contributed by atoms with van der Waals surface area (Å²) < 4.78 is 16.8. The Morgan fingerprint density at radius 2 is 0.494 bits per heavy atom. The maximum absolute atomic E-state index is 12.9. The van der Waals surface area contributed by atoms with Gasteiger partial charge >= 0.3 is 17.9 Å². The van der Waals surface area contributed by atoms with Crippen molar-refractivity contribution in [2.24, 2.45) is 0 Å². The van der Waals surface area contributed by atoms with Crippen LogP contribution < -0.4 is 0 Å². The van der Waals surface area contributed by atoms with Crippen LogP contribution in [0.15, 0.2) is 109 Å². The molecular formula is C73H124O6. The van der Waals surface area contributed by atoms with Crippen LogP contribution in [0.4, 0.5) is 0 Å². The van der Waals surface area contributed by atoms with Crippen molar-refractivity contribution in [1.82, 2.24) is 0 Å². The third-order valence-electron chi connectivity index (χ3n) is 14.3. The number of hydrogen-bond donors (Lipinski definition) is 0. The largest absolute Gasteiger partial charge is 0.462 e. The molecule has 0 spiro atoms. The number of allylic oxidation sites excluding steroid dienone is 18. The van der Waals surface area contributed by atoms with Gasteiger partial charge in [-0.2, -0.15) is 0 Å². The summed E-state index contributed by atoms with van der Waals surface area (Å²) in [5.41, 5.74) is 0. The van der Waals surface area contributed by atoms with E-state index in [4.69, 9.17) is 14.2 Å². The summed E-state index contributed by atoms with van der Waals surface area (Å²) in [6, 6.07) is 0. The van der Waals surface area contributed by atoms with E-state index in [0.29, 0.717) is 19.3 Å². The quantitative estimate of drug-likeness (QED) is 0.0261. The zero-order valence-corrected chi connectivity index (χ0v) is 51.9. The van der Waals surface area contributed by atoms with Crippen LogP contribution in [-0.2, 0) is 28.6 Å². The van der Waals surface area contributed by atoms with Gasteiger partial charge in [0, 0.05) is 19.3 Å². The van der Waals surface area contributed by atoms with E-state index < -0.39 is 6.10 Å². The molecule has 0 aromatic rings. The summed E-state index contributed by atoms with van der Waals surface area (Å²) in [4.78, 5) is 38.2. The first kappa shape index (κ1) is 75.1. The van der Waals surface area contributed by atoms with E-state index in [1.54, 1.807) is 0 Å². The Kier molecular flexibility index (Phi) is 63.3. The lowest BCUT2D eigenvalue weighted by Gasteiger charge is -2.18. The van der Waals surface area contributed by atoms with Gasteiger partial charge < -0.3 is 14.2 Å². The van der Waals surface area contributed by atoms with Crippen LogP contribution >= 0.6 is 0 Å². The molecule has 0 N–H and O–H groups in total. The first-order valence-electron chi connectivity index (χ1n) is 33.4. The third kappa shape index (κ3) is 64.8. The van der Waals surface area contributed by atoms with Crippen LogP contribution in [0.5, 0.6) is 0 Å². The highest BCUT2D eigenvalue weighted by Crippen LogP contribution is 2.17. The zero-order chi connectivity index (χ0) is 57.1. The maximum atomic E-state index is 12.9. The van der Waals surface area contributed by atoms with Crippen LogP contribution in [0.3, 0.4) is 0 Å². The molecule has 0 heterocycles. The molecule has 0 aliphatic rings. The fourth-order valence-electron chi connectivity index (χ4n) is 9.33. The van der Waals surface area contributed by atoms with Crippen molar-refractivity contribution < 1.29 is 28.6 Å². The monoisotopic (exact) mass is 1100 g/mol. The van der Waals surface area contributed by atoms with Gasteiger partial charge in [-0.3, -0.25) is 14.4 Å². The van der Waals surface area contributed by atoms with Gasteiger partial charge in [0.2, 0.25) is 0 Å². The van der Waals surface area contributed by atoms with Crippen molar-refractivity contribution in [3.05, 3.63) is 109 Å². The van der Waals surface area contributed by atoms with E-state index in [1.165, 1.54) is 167 Å². The summed E-state index contributed by atoms with van der Waals surface area (Å²) in [5.74, 6) is -0.947. The second kappa shape index (κ2) is 66.6. The second-order valence-corrected chi connectivity index (χ2v) is 22.0. The van der Waals surface area contributed by atoms with Gasteiger partial charge in [-0.1, -0.05) is 323 Å². The normalized spacial score (nSPS) is 12.8. The predicted octanol–water partition coefficient (Wildman–Crippen LogP) is 23.0. The Morgan fingerprint density at radius 1 is 0.266 bits per heavy atom. The average molecular weight is 1100 g/mol. The van der Waals surface area contributed by atoms with Crippen LogP contribution in [-0.4, -0.2) is 37.2 Å². The Labute approximate surface area is 489 Å². The topological polar surface area (TPSA) is 78.9 Å². The molecule has 6 nitrogen and oxygen atoms in total. The molecule has 0 rings (SSSR count). The molecule has 6 heteroatoms. The molecule has 0 aromatic heterocycles. The van der Waals surface area contributed by atoms with Crippen LogP contribution in [0.1, 0.15) is 316 Å². The molecule has 0 amide bonds. The second-order valence-electron chi connectivity index (χ2n) is 22.0. The molecule has 0 saturated heterocycles. The minimum absolute atomic E-state index is 0.0930. The SMILES string of the molecule is CC/C=C\C/C=C\C/C=C\C/C=C\C/C=C\C/C=C\C/C=C\C/C=C\C/C=C\CCCC(=O)OCC(COC(=O)CCCCCCCCCCC)OC(=O)CCCCCCCCCCCCCCCCCCCCCCCCC. The number of carbonyl (C=O) groups excluding carboxylic acids is 3. The molecule has 0 aliphatic heterocycles. The number of ether oxygens (including phenoxy) is 3. The van der Waals surface area contributed by atoms with Crippen LogP contribution in [0.2, 0.25) is 0 Å². The van der Waals surface area contributed by atoms with Gasteiger partial charge in [0.15, 0.2) is 6.10 Å². The highest BCUT2D eigenvalue weighted by Gasteiger charge is 2.19. The lowest BCUT2D eigenvalue weighted by molar-refractivity contribution is -0.167. The molecule has 452 valence electrons. The van der Waals surface area contributed by atoms with Crippen molar-refractivity contribution in [1.29, 1.82) is 0 Å². The van der Waals surface area contributed by atoms with Crippen LogP contribution in [0.25, 0.3) is 0 Å². The van der Waals surface area contributed by atoms with Crippen molar-refractivity contribution in [3.8, 4) is 0 Å². The van der Waals surface area contributed by atoms with Crippen molar-refractivity contribution in [2.75, 3.05) is 13.2 Å². The average Bonchev–Trinajstić information content (AvgIpc) is 3.45. The lowest BCUT2D eigenvalue weighted by atomic mass is 10.0. The molecule has 0 aliphatic carbocycles. The molecule has 1 atom stereocenters. The van der Waals surface area contributed by atoms with Gasteiger partial charge in [-0.05, 0) is 83.5 Å². The van der Waals surface area contributed by atoms with Crippen molar-refractivity contribution in [3.63, 3.8) is 0 Å². The molecule has 79 heavy (non-hydrogen) atoms. The van der Waals surface area contributed by atoms with E-state index in [2.05, 4.69) is 130 Å². The third-order valence-corrected chi connectivity index (χ3v) is 14.3. The van der Waals surface area contributed by atoms with E-state index in [-0.39, 0.29) is 37.5 Å². The maximum Gasteiger partial charge on any atom is 0.306 e. The van der Waals surface area contributed by atoms with E-state index in [9.17, 15) is 14.4 Å². The molecular weight excluding hydrogens is 973 g/mol. The number of carbonyl (C=O) groups is 3. The number of hydrogen-bond acceptors (Lipinski definition) is 6. The molecule has 0 bridgehead atoms. The lowest BCUT2D eigenvalue weighted by Crippen LogP contribution is -2.30. The van der Waals surface area contributed by atoms with Gasteiger partial charge in [0.25, 0.3) is 0 Å². The highest BCUT2D eigenvalue weighted by atomic mass is 16.6. The van der Waals surface area contributed by atoms with E-state index in [1.807, 2.05) is 0 Å². The van der Waals surface area contributed by atoms with Gasteiger partial charge in [-0.15, -0.1) is 0 Å². The number of rotatable bonds is 60. The summed E-state index contributed by atoms with van der Waals surface area (Å²) in [5, 5.41) is 0.